The van der Waals surface area contributed by atoms with Crippen LogP contribution in [-0.4, -0.2) is 43.1 Å². The van der Waals surface area contributed by atoms with Crippen molar-refractivity contribution in [3.8, 4) is 11.5 Å². The summed E-state index contributed by atoms with van der Waals surface area (Å²) in [7, 11) is 2.98. The van der Waals surface area contributed by atoms with Gasteiger partial charge in [0.2, 0.25) is 0 Å². The second-order valence-electron chi connectivity index (χ2n) is 6.37. The molecule has 0 aliphatic carbocycles. The number of fused-ring (bicyclic) bond motifs is 1. The molecule has 0 saturated carbocycles. The molecule has 0 radical (unpaired) electrons. The summed E-state index contributed by atoms with van der Waals surface area (Å²) in [6, 6.07) is 8.94. The van der Waals surface area contributed by atoms with E-state index < -0.39 is 23.9 Å². The van der Waals surface area contributed by atoms with Crippen molar-refractivity contribution in [2.75, 3.05) is 19.1 Å². The number of ether oxygens (including phenoxy) is 2. The highest BCUT2D eigenvalue weighted by Crippen LogP contribution is 2.36. The number of hydrogen-bond donors (Lipinski definition) is 0. The fraction of sp³-hybridized carbons (Fsp3) is 0.263. The van der Waals surface area contributed by atoms with Crippen molar-refractivity contribution >= 4 is 17.5 Å². The molecule has 2 heterocycles. The van der Waals surface area contributed by atoms with E-state index in [1.54, 1.807) is 30.3 Å². The number of hydrogen-bond acceptors (Lipinski definition) is 7. The van der Waals surface area contributed by atoms with E-state index in [0.717, 1.165) is 10.5 Å². The maximum atomic E-state index is 13.1. The molecule has 0 bridgehead atoms. The van der Waals surface area contributed by atoms with Gasteiger partial charge in [-0.1, -0.05) is 17.4 Å². The van der Waals surface area contributed by atoms with Crippen molar-refractivity contribution in [1.82, 2.24) is 5.01 Å². The number of nitrogens with zero attached hydrogens (tertiary/aromatic N) is 4. The van der Waals surface area contributed by atoms with Crippen LogP contribution in [-0.2, 0) is 16.1 Å². The summed E-state index contributed by atoms with van der Waals surface area (Å²) < 4.78 is 23.5. The molecule has 0 unspecified atom stereocenters. The Balaban J connectivity index is 1.60. The minimum absolute atomic E-state index is 0.240. The van der Waals surface area contributed by atoms with Crippen LogP contribution in [0.15, 0.2) is 52.8 Å². The van der Waals surface area contributed by atoms with E-state index in [1.165, 1.54) is 31.4 Å². The van der Waals surface area contributed by atoms with E-state index in [4.69, 9.17) is 9.47 Å². The topological polar surface area (TPSA) is 83.8 Å². The summed E-state index contributed by atoms with van der Waals surface area (Å²) >= 11 is 0. The number of methoxy groups -OCH3 is 2. The molecular formula is C19H17FN4O4. The number of carbonyl (C=O) groups excluding carboxylic acids is 2. The third-order valence-electron chi connectivity index (χ3n) is 4.74. The Morgan fingerprint density at radius 1 is 1.00 bits per heavy atom. The average Bonchev–Trinajstić information content (AvgIpc) is 3.23. The lowest BCUT2D eigenvalue weighted by Gasteiger charge is -2.21. The zero-order valence-corrected chi connectivity index (χ0v) is 15.2. The number of carbonyl (C=O) groups is 2. The third-order valence-corrected chi connectivity index (χ3v) is 4.74. The molecule has 1 saturated heterocycles. The van der Waals surface area contributed by atoms with Gasteiger partial charge in [-0.2, -0.15) is 5.11 Å². The first-order chi connectivity index (χ1) is 13.5. The lowest BCUT2D eigenvalue weighted by atomic mass is 10.1. The Hall–Kier alpha value is -3.49. The minimum Gasteiger partial charge on any atom is -0.493 e. The second-order valence-corrected chi connectivity index (χ2v) is 6.37. The lowest BCUT2D eigenvalue weighted by Crippen LogP contribution is -2.39. The first kappa shape index (κ1) is 17.9. The molecular weight excluding hydrogens is 367 g/mol. The standard InChI is InChI=1S/C19H17FN4O4/c1-27-14-8-7-13(9-15(14)28-2)24-18(25)16-17(19(24)26)23(22-21-16)10-11-3-5-12(20)6-4-11/h3-9,16-17H,10H2,1-2H3/t16-,17+/m0/s1. The molecule has 2 aromatic rings. The van der Waals surface area contributed by atoms with Gasteiger partial charge in [-0.05, 0) is 29.8 Å². The number of imide groups is 1. The van der Waals surface area contributed by atoms with Gasteiger partial charge in [0.1, 0.15) is 5.82 Å². The molecule has 4 rings (SSSR count). The predicted octanol–water partition coefficient (Wildman–Crippen LogP) is 2.34. The molecule has 2 amide bonds. The molecule has 8 nitrogen and oxygen atoms in total. The first-order valence-electron chi connectivity index (χ1n) is 8.55. The fourth-order valence-electron chi connectivity index (χ4n) is 3.35. The Bertz CT molecular complexity index is 963. The van der Waals surface area contributed by atoms with Gasteiger partial charge in [0.25, 0.3) is 11.8 Å². The number of amides is 2. The van der Waals surface area contributed by atoms with E-state index in [2.05, 4.69) is 10.3 Å². The molecule has 1 fully saturated rings. The Morgan fingerprint density at radius 3 is 2.39 bits per heavy atom. The molecule has 0 aromatic heterocycles. The molecule has 2 aromatic carbocycles. The summed E-state index contributed by atoms with van der Waals surface area (Å²) in [5.41, 5.74) is 1.13. The summed E-state index contributed by atoms with van der Waals surface area (Å²) in [5, 5.41) is 9.42. The van der Waals surface area contributed by atoms with Gasteiger partial charge < -0.3 is 9.47 Å². The van der Waals surface area contributed by atoms with E-state index >= 15 is 0 Å². The van der Waals surface area contributed by atoms with Crippen LogP contribution in [0.4, 0.5) is 10.1 Å². The number of halogens is 1. The quantitative estimate of drug-likeness (QED) is 0.739. The average molecular weight is 384 g/mol. The summed E-state index contributed by atoms with van der Waals surface area (Å²) in [6.07, 6.45) is 0. The van der Waals surface area contributed by atoms with Crippen molar-refractivity contribution in [3.63, 3.8) is 0 Å². The number of rotatable bonds is 5. The summed E-state index contributed by atoms with van der Waals surface area (Å²) in [5.74, 6) is -0.330. The van der Waals surface area contributed by atoms with Gasteiger partial charge in [-0.25, -0.2) is 9.29 Å². The zero-order chi connectivity index (χ0) is 19.8. The number of anilines is 1. The van der Waals surface area contributed by atoms with Crippen molar-refractivity contribution in [2.45, 2.75) is 18.6 Å². The van der Waals surface area contributed by atoms with E-state index in [-0.39, 0.29) is 12.4 Å². The van der Waals surface area contributed by atoms with Gasteiger partial charge >= 0.3 is 0 Å². The van der Waals surface area contributed by atoms with Crippen LogP contribution < -0.4 is 14.4 Å². The highest BCUT2D eigenvalue weighted by atomic mass is 19.1. The van der Waals surface area contributed by atoms with Crippen LogP contribution in [0.25, 0.3) is 0 Å². The summed E-state index contributed by atoms with van der Waals surface area (Å²) in [4.78, 5) is 26.9. The largest absolute Gasteiger partial charge is 0.493 e. The maximum absolute atomic E-state index is 13.1. The van der Waals surface area contributed by atoms with Crippen LogP contribution in [0.5, 0.6) is 11.5 Å². The molecule has 2 aliphatic rings. The molecule has 2 aliphatic heterocycles. The lowest BCUT2D eigenvalue weighted by molar-refractivity contribution is -0.123. The van der Waals surface area contributed by atoms with Crippen molar-refractivity contribution in [1.29, 1.82) is 0 Å². The van der Waals surface area contributed by atoms with Gasteiger partial charge in [-0.15, -0.1) is 0 Å². The van der Waals surface area contributed by atoms with Gasteiger partial charge in [-0.3, -0.25) is 14.6 Å². The van der Waals surface area contributed by atoms with Crippen molar-refractivity contribution < 1.29 is 23.5 Å². The maximum Gasteiger partial charge on any atom is 0.263 e. The summed E-state index contributed by atoms with van der Waals surface area (Å²) in [6.45, 7) is 0.240. The molecule has 28 heavy (non-hydrogen) atoms. The SMILES string of the molecule is COc1ccc(N2C(=O)[C@H]3N=NN(Cc4ccc(F)cc4)[C@H]3C2=O)cc1OC. The van der Waals surface area contributed by atoms with E-state index in [0.29, 0.717) is 17.2 Å². The van der Waals surface area contributed by atoms with Crippen molar-refractivity contribution in [2.24, 2.45) is 10.3 Å². The van der Waals surface area contributed by atoms with Gasteiger partial charge in [0, 0.05) is 6.07 Å². The first-order valence-corrected chi connectivity index (χ1v) is 8.55. The molecule has 2 atom stereocenters. The smallest absolute Gasteiger partial charge is 0.263 e. The fourth-order valence-corrected chi connectivity index (χ4v) is 3.35. The normalized spacial score (nSPS) is 20.7. The van der Waals surface area contributed by atoms with E-state index in [9.17, 15) is 14.0 Å². The Morgan fingerprint density at radius 2 is 1.71 bits per heavy atom. The third kappa shape index (κ3) is 2.84. The molecule has 0 spiro atoms. The van der Waals surface area contributed by atoms with Crippen LogP contribution in [0.2, 0.25) is 0 Å². The van der Waals surface area contributed by atoms with Crippen LogP contribution in [0.3, 0.4) is 0 Å². The second kappa shape index (κ2) is 6.91. The van der Waals surface area contributed by atoms with Crippen LogP contribution in [0, 0.1) is 5.82 Å². The Kier molecular flexibility index (Phi) is 4.42. The Labute approximate surface area is 160 Å². The number of benzene rings is 2. The highest BCUT2D eigenvalue weighted by Gasteiger charge is 2.54. The predicted molar refractivity (Wildman–Crippen MR) is 96.4 cm³/mol. The zero-order valence-electron chi connectivity index (χ0n) is 15.2. The molecule has 9 heteroatoms. The minimum atomic E-state index is -0.902. The monoisotopic (exact) mass is 384 g/mol. The van der Waals surface area contributed by atoms with Crippen LogP contribution >= 0.6 is 0 Å². The van der Waals surface area contributed by atoms with Gasteiger partial charge in [0.15, 0.2) is 23.6 Å². The van der Waals surface area contributed by atoms with E-state index in [1.807, 2.05) is 0 Å². The van der Waals surface area contributed by atoms with Gasteiger partial charge in [0.05, 0.1) is 26.5 Å². The molecule has 0 N–H and O–H groups in total. The molecule has 144 valence electrons. The van der Waals surface area contributed by atoms with Crippen LogP contribution in [0.1, 0.15) is 5.56 Å². The van der Waals surface area contributed by atoms with Crippen molar-refractivity contribution in [3.05, 3.63) is 53.8 Å². The highest BCUT2D eigenvalue weighted by molar-refractivity contribution is 6.25.